The lowest BCUT2D eigenvalue weighted by Gasteiger charge is -2.04. The van der Waals surface area contributed by atoms with Crippen LogP contribution >= 0.6 is 15.9 Å². The van der Waals surface area contributed by atoms with Gasteiger partial charge < -0.3 is 14.8 Å². The highest BCUT2D eigenvalue weighted by Crippen LogP contribution is 2.26. The van der Waals surface area contributed by atoms with Crippen molar-refractivity contribution < 1.29 is 19.1 Å². The van der Waals surface area contributed by atoms with Crippen molar-refractivity contribution in [2.75, 3.05) is 26.9 Å². The van der Waals surface area contributed by atoms with Crippen molar-refractivity contribution in [1.82, 2.24) is 15.1 Å². The molecule has 0 aliphatic carbocycles. The minimum atomic E-state index is -0.615. The molecule has 0 saturated heterocycles. The van der Waals surface area contributed by atoms with E-state index >= 15 is 0 Å². The maximum absolute atomic E-state index is 12.1. The van der Waals surface area contributed by atoms with Crippen LogP contribution in [0.15, 0.2) is 71.3 Å². The molecule has 0 unspecified atom stereocenters. The van der Waals surface area contributed by atoms with E-state index in [4.69, 9.17) is 14.6 Å². The standard InChI is InChI=1S/C23H22BrN3O4/c1-30-14-13-25-21(28)16-31-22(29)12-9-18-15-27(20-5-3-2-4-6-20)26-23(18)17-7-10-19(24)11-8-17/h2-12,15H,13-14,16H2,1H3,(H,25,28)/b12-9+. The Morgan fingerprint density at radius 3 is 2.58 bits per heavy atom. The number of carbonyl (C=O) groups is 2. The number of carbonyl (C=O) groups excluding carboxylic acids is 2. The highest BCUT2D eigenvalue weighted by atomic mass is 79.9. The lowest BCUT2D eigenvalue weighted by Crippen LogP contribution is -2.31. The first kappa shape index (κ1) is 22.5. The molecule has 1 heterocycles. The van der Waals surface area contributed by atoms with Gasteiger partial charge in [0.15, 0.2) is 6.61 Å². The smallest absolute Gasteiger partial charge is 0.331 e. The number of ether oxygens (including phenoxy) is 2. The Balaban J connectivity index is 1.76. The number of hydrogen-bond donors (Lipinski definition) is 1. The highest BCUT2D eigenvalue weighted by molar-refractivity contribution is 9.10. The van der Waals surface area contributed by atoms with Crippen molar-refractivity contribution in [3.8, 4) is 16.9 Å². The first-order valence-electron chi connectivity index (χ1n) is 9.58. The Morgan fingerprint density at radius 1 is 1.13 bits per heavy atom. The fourth-order valence-electron chi connectivity index (χ4n) is 2.74. The van der Waals surface area contributed by atoms with Crippen LogP contribution < -0.4 is 5.32 Å². The normalized spacial score (nSPS) is 10.9. The second kappa shape index (κ2) is 11.2. The summed E-state index contributed by atoms with van der Waals surface area (Å²) < 4.78 is 12.6. The van der Waals surface area contributed by atoms with Gasteiger partial charge in [0.05, 0.1) is 18.0 Å². The summed E-state index contributed by atoms with van der Waals surface area (Å²) in [5, 5.41) is 7.28. The van der Waals surface area contributed by atoms with Gasteiger partial charge in [-0.05, 0) is 30.3 Å². The van der Waals surface area contributed by atoms with Crippen molar-refractivity contribution in [2.45, 2.75) is 0 Å². The summed E-state index contributed by atoms with van der Waals surface area (Å²) in [6.07, 6.45) is 4.76. The lowest BCUT2D eigenvalue weighted by molar-refractivity contribution is -0.143. The van der Waals surface area contributed by atoms with Crippen molar-refractivity contribution in [1.29, 1.82) is 0 Å². The predicted octanol–water partition coefficient (Wildman–Crippen LogP) is 3.62. The van der Waals surface area contributed by atoms with E-state index in [1.807, 2.05) is 60.8 Å². The molecule has 7 nitrogen and oxygen atoms in total. The van der Waals surface area contributed by atoms with E-state index < -0.39 is 5.97 Å². The van der Waals surface area contributed by atoms with Crippen molar-refractivity contribution >= 4 is 33.9 Å². The van der Waals surface area contributed by atoms with E-state index in [0.717, 1.165) is 27.0 Å². The van der Waals surface area contributed by atoms with Crippen LogP contribution in [0.25, 0.3) is 23.0 Å². The average molecular weight is 484 g/mol. The molecule has 0 aliphatic rings. The van der Waals surface area contributed by atoms with Crippen molar-refractivity contribution in [2.24, 2.45) is 0 Å². The van der Waals surface area contributed by atoms with E-state index in [-0.39, 0.29) is 12.5 Å². The predicted molar refractivity (Wildman–Crippen MR) is 122 cm³/mol. The number of hydrogen-bond acceptors (Lipinski definition) is 5. The van der Waals surface area contributed by atoms with E-state index in [1.165, 1.54) is 6.08 Å². The monoisotopic (exact) mass is 483 g/mol. The topological polar surface area (TPSA) is 82.5 Å². The Kier molecular flexibility index (Phi) is 8.14. The number of aromatic nitrogens is 2. The number of methoxy groups -OCH3 is 1. The first-order valence-corrected chi connectivity index (χ1v) is 10.4. The van der Waals surface area contributed by atoms with E-state index in [9.17, 15) is 9.59 Å². The Bertz CT molecular complexity index is 1050. The molecule has 0 fully saturated rings. The maximum Gasteiger partial charge on any atom is 0.331 e. The van der Waals surface area contributed by atoms with Crippen molar-refractivity contribution in [3.05, 3.63) is 76.9 Å². The zero-order valence-electron chi connectivity index (χ0n) is 17.0. The molecule has 2 aromatic carbocycles. The second-order valence-electron chi connectivity index (χ2n) is 6.50. The summed E-state index contributed by atoms with van der Waals surface area (Å²) in [6.45, 7) is 0.400. The van der Waals surface area contributed by atoms with E-state index in [1.54, 1.807) is 17.9 Å². The molecule has 0 bridgehead atoms. The number of nitrogens with zero attached hydrogens (tertiary/aromatic N) is 2. The SMILES string of the molecule is COCCNC(=O)COC(=O)/C=C/c1cn(-c2ccccc2)nc1-c1ccc(Br)cc1. The Hall–Kier alpha value is -3.23. The summed E-state index contributed by atoms with van der Waals surface area (Å²) in [5.41, 5.74) is 3.27. The van der Waals surface area contributed by atoms with Crippen molar-refractivity contribution in [3.63, 3.8) is 0 Å². The Labute approximate surface area is 188 Å². The van der Waals surface area contributed by atoms with Crippen LogP contribution in [0, 0.1) is 0 Å². The molecule has 0 radical (unpaired) electrons. The van der Waals surface area contributed by atoms with Gasteiger partial charge >= 0.3 is 5.97 Å². The van der Waals surface area contributed by atoms with Crippen LogP contribution in [0.1, 0.15) is 5.56 Å². The molecular formula is C23H22BrN3O4. The van der Waals surface area contributed by atoms with Gasteiger partial charge in [-0.2, -0.15) is 5.10 Å². The molecule has 160 valence electrons. The number of benzene rings is 2. The average Bonchev–Trinajstić information content (AvgIpc) is 3.22. The molecule has 0 aliphatic heterocycles. The van der Waals surface area contributed by atoms with Crippen LogP contribution in [-0.2, 0) is 19.1 Å². The van der Waals surface area contributed by atoms with Crippen LogP contribution in [0.2, 0.25) is 0 Å². The third-order valence-electron chi connectivity index (χ3n) is 4.25. The number of rotatable bonds is 9. The summed E-state index contributed by atoms with van der Waals surface area (Å²) in [6, 6.07) is 17.4. The van der Waals surface area contributed by atoms with Gasteiger partial charge in [-0.3, -0.25) is 4.79 Å². The van der Waals surface area contributed by atoms with Crippen LogP contribution in [0.3, 0.4) is 0 Å². The molecule has 0 saturated carbocycles. The molecule has 1 amide bonds. The number of para-hydroxylation sites is 1. The minimum absolute atomic E-state index is 0.351. The molecule has 1 N–H and O–H groups in total. The number of nitrogens with one attached hydrogen (secondary N) is 1. The minimum Gasteiger partial charge on any atom is -0.452 e. The molecule has 3 aromatic rings. The van der Waals surface area contributed by atoms with Gasteiger partial charge in [0.1, 0.15) is 0 Å². The molecule has 1 aromatic heterocycles. The van der Waals surface area contributed by atoms with E-state index in [2.05, 4.69) is 21.2 Å². The quantitative estimate of drug-likeness (QED) is 0.285. The third-order valence-corrected chi connectivity index (χ3v) is 4.78. The Morgan fingerprint density at radius 2 is 1.87 bits per heavy atom. The second-order valence-corrected chi connectivity index (χ2v) is 7.42. The van der Waals surface area contributed by atoms with Crippen LogP contribution in [-0.4, -0.2) is 48.5 Å². The zero-order chi connectivity index (χ0) is 22.1. The number of esters is 1. The maximum atomic E-state index is 12.1. The largest absolute Gasteiger partial charge is 0.452 e. The van der Waals surface area contributed by atoms with Crippen LogP contribution in [0.4, 0.5) is 0 Å². The fraction of sp³-hybridized carbons (Fsp3) is 0.174. The lowest BCUT2D eigenvalue weighted by atomic mass is 10.1. The number of amides is 1. The summed E-state index contributed by atoms with van der Waals surface area (Å²) in [7, 11) is 1.54. The van der Waals surface area contributed by atoms with Gasteiger partial charge in [-0.15, -0.1) is 0 Å². The third kappa shape index (κ3) is 6.63. The molecule has 0 spiro atoms. The fourth-order valence-corrected chi connectivity index (χ4v) is 3.00. The van der Waals surface area contributed by atoms with Gasteiger partial charge in [0, 0.05) is 41.5 Å². The van der Waals surface area contributed by atoms with E-state index in [0.29, 0.717) is 13.2 Å². The summed E-state index contributed by atoms with van der Waals surface area (Å²) >= 11 is 3.44. The zero-order valence-corrected chi connectivity index (χ0v) is 18.5. The first-order chi connectivity index (χ1) is 15.1. The van der Waals surface area contributed by atoms with Crippen LogP contribution in [0.5, 0.6) is 0 Å². The van der Waals surface area contributed by atoms with Gasteiger partial charge in [-0.25, -0.2) is 9.48 Å². The molecular weight excluding hydrogens is 462 g/mol. The number of halogens is 1. The summed E-state index contributed by atoms with van der Waals surface area (Å²) in [5.74, 6) is -0.998. The summed E-state index contributed by atoms with van der Waals surface area (Å²) in [4.78, 5) is 23.7. The molecule has 31 heavy (non-hydrogen) atoms. The van der Waals surface area contributed by atoms with Gasteiger partial charge in [0.2, 0.25) is 0 Å². The highest BCUT2D eigenvalue weighted by Gasteiger charge is 2.11. The molecule has 8 heteroatoms. The van der Waals surface area contributed by atoms with Gasteiger partial charge in [-0.1, -0.05) is 46.3 Å². The molecule has 0 atom stereocenters. The van der Waals surface area contributed by atoms with Gasteiger partial charge in [0.25, 0.3) is 5.91 Å². The molecule has 3 rings (SSSR count).